The molecule has 1 aliphatic rings. The molecule has 1 fully saturated rings. The molecule has 1 atom stereocenters. The largest absolute Gasteiger partial charge is 0.356 e. The van der Waals surface area contributed by atoms with Crippen LogP contribution in [0.1, 0.15) is 31.2 Å². The van der Waals surface area contributed by atoms with Crippen LogP contribution in [0.4, 0.5) is 0 Å². The molecule has 2 amide bonds. The van der Waals surface area contributed by atoms with E-state index in [9.17, 15) is 18.0 Å². The van der Waals surface area contributed by atoms with Gasteiger partial charge in [0.25, 0.3) is 0 Å². The molecule has 2 rings (SSSR count). The Hall–Kier alpha value is -2.00. The van der Waals surface area contributed by atoms with E-state index < -0.39 is 10.0 Å². The average Bonchev–Trinajstić information content (AvgIpc) is 2.64. The number of pyridine rings is 1. The second-order valence-electron chi connectivity index (χ2n) is 6.46. The molecule has 0 aliphatic carbocycles. The molecule has 1 aromatic rings. The van der Waals surface area contributed by atoms with E-state index in [0.717, 1.165) is 11.8 Å². The standard InChI is InChI=1S/C17H26N4O4S/c1-26(24,25)21-11-2-3-15(6-10-19-16(22)7-12-21)17(23)20-13-14-4-8-18-9-5-14/h4-5,8-9,15H,2-3,6-7,10-13H2,1H3,(H,19,22)(H,20,23). The summed E-state index contributed by atoms with van der Waals surface area (Å²) in [5.74, 6) is -0.547. The van der Waals surface area contributed by atoms with Crippen molar-refractivity contribution in [2.45, 2.75) is 32.2 Å². The Labute approximate surface area is 154 Å². The Kier molecular flexibility index (Phi) is 7.52. The van der Waals surface area contributed by atoms with E-state index in [1.54, 1.807) is 12.4 Å². The Morgan fingerprint density at radius 1 is 1.31 bits per heavy atom. The van der Waals surface area contributed by atoms with Crippen LogP contribution < -0.4 is 10.6 Å². The molecule has 0 bridgehead atoms. The molecule has 0 spiro atoms. The van der Waals surface area contributed by atoms with Gasteiger partial charge in [-0.2, -0.15) is 0 Å². The summed E-state index contributed by atoms with van der Waals surface area (Å²) in [6.45, 7) is 1.31. The van der Waals surface area contributed by atoms with Gasteiger partial charge in [-0.05, 0) is 37.0 Å². The summed E-state index contributed by atoms with van der Waals surface area (Å²) in [7, 11) is -3.37. The first-order valence-corrected chi connectivity index (χ1v) is 10.6. The second-order valence-corrected chi connectivity index (χ2v) is 8.45. The number of hydrogen-bond acceptors (Lipinski definition) is 5. The number of carbonyl (C=O) groups excluding carboxylic acids is 2. The van der Waals surface area contributed by atoms with Crippen molar-refractivity contribution in [3.63, 3.8) is 0 Å². The first-order valence-electron chi connectivity index (χ1n) is 8.74. The third-order valence-corrected chi connectivity index (χ3v) is 5.72. The van der Waals surface area contributed by atoms with Gasteiger partial charge >= 0.3 is 0 Å². The van der Waals surface area contributed by atoms with Crippen molar-refractivity contribution in [1.29, 1.82) is 0 Å². The molecule has 8 nitrogen and oxygen atoms in total. The van der Waals surface area contributed by atoms with Crippen molar-refractivity contribution < 1.29 is 18.0 Å². The predicted molar refractivity (Wildman–Crippen MR) is 97.5 cm³/mol. The third-order valence-electron chi connectivity index (χ3n) is 4.42. The summed E-state index contributed by atoms with van der Waals surface area (Å²) in [6.07, 6.45) is 6.30. The van der Waals surface area contributed by atoms with Gasteiger partial charge in [0.1, 0.15) is 0 Å². The van der Waals surface area contributed by atoms with E-state index in [2.05, 4.69) is 15.6 Å². The molecule has 144 valence electrons. The highest BCUT2D eigenvalue weighted by Gasteiger charge is 2.23. The van der Waals surface area contributed by atoms with Crippen molar-refractivity contribution in [1.82, 2.24) is 19.9 Å². The molecule has 2 heterocycles. The molecular formula is C17H26N4O4S. The zero-order chi connectivity index (χ0) is 19.0. The molecular weight excluding hydrogens is 356 g/mol. The number of sulfonamides is 1. The first kappa shape index (κ1) is 20.3. The van der Waals surface area contributed by atoms with Gasteiger partial charge in [-0.3, -0.25) is 14.6 Å². The van der Waals surface area contributed by atoms with E-state index >= 15 is 0 Å². The lowest BCUT2D eigenvalue weighted by Gasteiger charge is -2.20. The fourth-order valence-corrected chi connectivity index (χ4v) is 3.78. The summed E-state index contributed by atoms with van der Waals surface area (Å²) in [5, 5.41) is 5.67. The zero-order valence-electron chi connectivity index (χ0n) is 15.0. The van der Waals surface area contributed by atoms with Crippen LogP contribution in [-0.4, -0.2) is 55.4 Å². The van der Waals surface area contributed by atoms with Crippen LogP contribution in [0.2, 0.25) is 0 Å². The van der Waals surface area contributed by atoms with Crippen molar-refractivity contribution >= 4 is 21.8 Å². The van der Waals surface area contributed by atoms with Crippen LogP contribution in [0.15, 0.2) is 24.5 Å². The SMILES string of the molecule is CS(=O)(=O)N1CCCC(C(=O)NCc2ccncc2)CCNC(=O)CC1. The molecule has 1 unspecified atom stereocenters. The number of amides is 2. The van der Waals surface area contributed by atoms with E-state index in [-0.39, 0.29) is 30.7 Å². The average molecular weight is 382 g/mol. The topological polar surface area (TPSA) is 108 Å². The molecule has 2 N–H and O–H groups in total. The Balaban J connectivity index is 1.96. The maximum atomic E-state index is 12.5. The van der Waals surface area contributed by atoms with Gasteiger partial charge in [0.15, 0.2) is 0 Å². The molecule has 9 heteroatoms. The quantitative estimate of drug-likeness (QED) is 0.777. The number of rotatable bonds is 4. The van der Waals surface area contributed by atoms with Crippen LogP contribution >= 0.6 is 0 Å². The highest BCUT2D eigenvalue weighted by molar-refractivity contribution is 7.88. The smallest absolute Gasteiger partial charge is 0.223 e. The van der Waals surface area contributed by atoms with Crippen LogP contribution in [0.5, 0.6) is 0 Å². The van der Waals surface area contributed by atoms with Crippen molar-refractivity contribution in [2.75, 3.05) is 25.9 Å². The molecule has 26 heavy (non-hydrogen) atoms. The van der Waals surface area contributed by atoms with Gasteiger partial charge in [0.2, 0.25) is 21.8 Å². The molecule has 0 radical (unpaired) electrons. The van der Waals surface area contributed by atoms with Crippen molar-refractivity contribution in [3.05, 3.63) is 30.1 Å². The lowest BCUT2D eigenvalue weighted by atomic mass is 9.98. The monoisotopic (exact) mass is 382 g/mol. The number of hydrogen-bond donors (Lipinski definition) is 2. The fraction of sp³-hybridized carbons (Fsp3) is 0.588. The number of nitrogens with zero attached hydrogens (tertiary/aromatic N) is 2. The van der Waals surface area contributed by atoms with Gasteiger partial charge in [0.05, 0.1) is 6.26 Å². The molecule has 1 aromatic heterocycles. The first-order chi connectivity index (χ1) is 12.4. The van der Waals surface area contributed by atoms with Gasteiger partial charge in [-0.15, -0.1) is 0 Å². The maximum absolute atomic E-state index is 12.5. The van der Waals surface area contributed by atoms with Gasteiger partial charge in [0, 0.05) is 50.9 Å². The van der Waals surface area contributed by atoms with Crippen LogP contribution in [0.3, 0.4) is 0 Å². The maximum Gasteiger partial charge on any atom is 0.223 e. The van der Waals surface area contributed by atoms with Crippen molar-refractivity contribution in [2.24, 2.45) is 5.92 Å². The van der Waals surface area contributed by atoms with E-state index in [1.807, 2.05) is 12.1 Å². The minimum Gasteiger partial charge on any atom is -0.356 e. The van der Waals surface area contributed by atoms with Crippen LogP contribution in [0.25, 0.3) is 0 Å². The Morgan fingerprint density at radius 2 is 2.04 bits per heavy atom. The highest BCUT2D eigenvalue weighted by atomic mass is 32.2. The lowest BCUT2D eigenvalue weighted by molar-refractivity contribution is -0.126. The normalized spacial score (nSPS) is 20.7. The molecule has 1 saturated heterocycles. The predicted octanol–water partition coefficient (Wildman–Crippen LogP) is 0.266. The number of nitrogens with one attached hydrogen (secondary N) is 2. The number of carbonyl (C=O) groups is 2. The second kappa shape index (κ2) is 9.63. The van der Waals surface area contributed by atoms with Gasteiger partial charge in [-0.25, -0.2) is 12.7 Å². The Bertz CT molecular complexity index is 709. The minimum atomic E-state index is -3.37. The van der Waals surface area contributed by atoms with Crippen molar-refractivity contribution in [3.8, 4) is 0 Å². The summed E-state index contributed by atoms with van der Waals surface area (Å²) >= 11 is 0. The minimum absolute atomic E-state index is 0.0822. The summed E-state index contributed by atoms with van der Waals surface area (Å²) < 4.78 is 25.0. The summed E-state index contributed by atoms with van der Waals surface area (Å²) in [6, 6.07) is 3.67. The molecule has 0 saturated carbocycles. The number of aromatic nitrogens is 1. The van der Waals surface area contributed by atoms with Gasteiger partial charge < -0.3 is 10.6 Å². The van der Waals surface area contributed by atoms with Crippen LogP contribution in [-0.2, 0) is 26.2 Å². The Morgan fingerprint density at radius 3 is 2.73 bits per heavy atom. The molecule has 0 aromatic carbocycles. The van der Waals surface area contributed by atoms with E-state index in [1.165, 1.54) is 4.31 Å². The van der Waals surface area contributed by atoms with Gasteiger partial charge in [-0.1, -0.05) is 0 Å². The molecule has 1 aliphatic heterocycles. The third kappa shape index (κ3) is 6.72. The van der Waals surface area contributed by atoms with Crippen LogP contribution in [0, 0.1) is 5.92 Å². The fourth-order valence-electron chi connectivity index (χ4n) is 2.90. The summed E-state index contributed by atoms with van der Waals surface area (Å²) in [4.78, 5) is 28.3. The summed E-state index contributed by atoms with van der Waals surface area (Å²) in [5.41, 5.74) is 0.960. The zero-order valence-corrected chi connectivity index (χ0v) is 15.8. The van der Waals surface area contributed by atoms with E-state index in [0.29, 0.717) is 38.9 Å². The lowest BCUT2D eigenvalue weighted by Crippen LogP contribution is -2.35. The van der Waals surface area contributed by atoms with E-state index in [4.69, 9.17) is 0 Å². The highest BCUT2D eigenvalue weighted by Crippen LogP contribution is 2.15.